The molecular weight excluding hydrogens is 244 g/mol. The van der Waals surface area contributed by atoms with E-state index in [1.165, 1.54) is 17.1 Å². The number of benzene rings is 1. The Bertz CT molecular complexity index is 392. The van der Waals surface area contributed by atoms with Crippen molar-refractivity contribution in [3.05, 3.63) is 35.4 Å². The summed E-state index contributed by atoms with van der Waals surface area (Å²) in [7, 11) is 0. The predicted octanol–water partition coefficient (Wildman–Crippen LogP) is 4.42. The van der Waals surface area contributed by atoms with Crippen molar-refractivity contribution in [1.29, 1.82) is 0 Å². The maximum Gasteiger partial charge on any atom is 0.0751 e. The molecule has 0 aliphatic carbocycles. The van der Waals surface area contributed by atoms with Gasteiger partial charge in [0, 0.05) is 5.56 Å². The summed E-state index contributed by atoms with van der Waals surface area (Å²) in [6.07, 6.45) is 5.37. The topological polar surface area (TPSA) is 0 Å². The molecule has 1 fully saturated rings. The van der Waals surface area contributed by atoms with Crippen LogP contribution in [0.25, 0.3) is 0 Å². The fourth-order valence-electron chi connectivity index (χ4n) is 1.83. The Morgan fingerprint density at radius 2 is 1.76 bits per heavy atom. The van der Waals surface area contributed by atoms with E-state index < -0.39 is 0 Å². The van der Waals surface area contributed by atoms with E-state index in [1.54, 1.807) is 0 Å². The van der Waals surface area contributed by atoms with Crippen molar-refractivity contribution in [2.24, 2.45) is 11.8 Å². The van der Waals surface area contributed by atoms with E-state index in [1.807, 2.05) is 12.1 Å². The maximum absolute atomic E-state index is 5.37. The van der Waals surface area contributed by atoms with Gasteiger partial charge in [-0.3, -0.25) is 0 Å². The molecule has 0 bridgehead atoms. The van der Waals surface area contributed by atoms with Gasteiger partial charge in [0.2, 0.25) is 0 Å². The molecule has 0 aromatic heterocycles. The van der Waals surface area contributed by atoms with Crippen LogP contribution in [0.4, 0.5) is 0 Å². The monoisotopic (exact) mass is 262 g/mol. The first-order valence-electron chi connectivity index (χ1n) is 6.00. The molecule has 1 aliphatic heterocycles. The highest BCUT2D eigenvalue weighted by Crippen LogP contribution is 2.46. The molecule has 2 rings (SSSR count). The van der Waals surface area contributed by atoms with Gasteiger partial charge in [0.05, 0.1) is 4.58 Å². The Kier molecular flexibility index (Phi) is 4.48. The molecule has 0 radical (unpaired) electrons. The minimum Gasteiger partial charge on any atom is -0.142 e. The lowest BCUT2D eigenvalue weighted by atomic mass is 10.0. The van der Waals surface area contributed by atoms with E-state index in [-0.39, 0.29) is 0 Å². The van der Waals surface area contributed by atoms with Crippen molar-refractivity contribution in [2.45, 2.75) is 18.4 Å². The van der Waals surface area contributed by atoms with E-state index in [4.69, 9.17) is 6.42 Å². The van der Waals surface area contributed by atoms with Gasteiger partial charge in [-0.1, -0.05) is 31.9 Å². The average Bonchev–Trinajstić information content (AvgIpc) is 2.39. The number of hydrogen-bond acceptors (Lipinski definition) is 2. The molecule has 1 aromatic rings. The van der Waals surface area contributed by atoms with Crippen molar-refractivity contribution < 1.29 is 0 Å². The van der Waals surface area contributed by atoms with Crippen molar-refractivity contribution in [3.8, 4) is 12.3 Å². The molecule has 0 amide bonds. The molecule has 0 unspecified atom stereocenters. The average molecular weight is 262 g/mol. The van der Waals surface area contributed by atoms with Crippen LogP contribution in [-0.2, 0) is 0 Å². The van der Waals surface area contributed by atoms with Crippen LogP contribution >= 0.6 is 23.5 Å². The van der Waals surface area contributed by atoms with Crippen LogP contribution in [0.3, 0.4) is 0 Å². The van der Waals surface area contributed by atoms with Gasteiger partial charge in [0.1, 0.15) is 0 Å². The Morgan fingerprint density at radius 3 is 2.24 bits per heavy atom. The van der Waals surface area contributed by atoms with Crippen LogP contribution in [-0.4, -0.2) is 11.5 Å². The second-order valence-electron chi connectivity index (χ2n) is 4.77. The third kappa shape index (κ3) is 3.24. The highest BCUT2D eigenvalue weighted by molar-refractivity contribution is 8.16. The Morgan fingerprint density at radius 1 is 1.18 bits per heavy atom. The first kappa shape index (κ1) is 12.9. The quantitative estimate of drug-likeness (QED) is 0.724. The molecular formula is C15H18S2. The summed E-state index contributed by atoms with van der Waals surface area (Å²) < 4.78 is 0.594. The van der Waals surface area contributed by atoms with Crippen molar-refractivity contribution in [1.82, 2.24) is 0 Å². The van der Waals surface area contributed by atoms with Crippen molar-refractivity contribution in [2.75, 3.05) is 11.5 Å². The van der Waals surface area contributed by atoms with Gasteiger partial charge in [0.15, 0.2) is 0 Å². The van der Waals surface area contributed by atoms with Crippen LogP contribution in [0, 0.1) is 24.2 Å². The molecule has 1 saturated heterocycles. The van der Waals surface area contributed by atoms with E-state index >= 15 is 0 Å². The zero-order chi connectivity index (χ0) is 12.3. The predicted molar refractivity (Wildman–Crippen MR) is 80.4 cm³/mol. The molecule has 0 nitrogen and oxygen atoms in total. The maximum atomic E-state index is 5.37. The molecule has 2 heteroatoms. The summed E-state index contributed by atoms with van der Waals surface area (Å²) in [5.41, 5.74) is 2.38. The lowest BCUT2D eigenvalue weighted by Gasteiger charge is -2.30. The minimum absolute atomic E-state index is 0.594. The molecule has 0 spiro atoms. The normalized spacial score (nSPS) is 24.6. The van der Waals surface area contributed by atoms with E-state index in [0.717, 1.165) is 17.4 Å². The third-order valence-electron chi connectivity index (χ3n) is 3.22. The van der Waals surface area contributed by atoms with Gasteiger partial charge in [-0.2, -0.15) is 0 Å². The van der Waals surface area contributed by atoms with Crippen molar-refractivity contribution >= 4 is 23.5 Å². The molecule has 0 N–H and O–H groups in total. The van der Waals surface area contributed by atoms with Gasteiger partial charge in [-0.25, -0.2) is 0 Å². The minimum atomic E-state index is 0.594. The first-order chi connectivity index (χ1) is 8.20. The first-order valence-corrected chi connectivity index (χ1v) is 8.10. The van der Waals surface area contributed by atoms with E-state index in [0.29, 0.717) is 4.58 Å². The van der Waals surface area contributed by atoms with Crippen molar-refractivity contribution in [3.63, 3.8) is 0 Å². The number of rotatable bonds is 2. The SMILES string of the molecule is C#Cc1ccc(C2SCC(C(C)C)CS2)cc1. The summed E-state index contributed by atoms with van der Waals surface area (Å²) in [5, 5.41) is 0. The van der Waals surface area contributed by atoms with Gasteiger partial charge in [-0.15, -0.1) is 29.9 Å². The fraction of sp³-hybridized carbons (Fsp3) is 0.467. The summed E-state index contributed by atoms with van der Waals surface area (Å²) >= 11 is 4.15. The van der Waals surface area contributed by atoms with Gasteiger partial charge in [0.25, 0.3) is 0 Å². The number of terminal acetylenes is 1. The van der Waals surface area contributed by atoms with Crippen LogP contribution in [0.2, 0.25) is 0 Å². The smallest absolute Gasteiger partial charge is 0.0751 e. The fourth-order valence-corrected chi connectivity index (χ4v) is 5.39. The molecule has 90 valence electrons. The zero-order valence-corrected chi connectivity index (χ0v) is 12.0. The number of thioether (sulfide) groups is 2. The second kappa shape index (κ2) is 5.89. The van der Waals surface area contributed by atoms with Gasteiger partial charge in [-0.05, 0) is 41.0 Å². The van der Waals surface area contributed by atoms with Crippen LogP contribution < -0.4 is 0 Å². The van der Waals surface area contributed by atoms with Gasteiger partial charge >= 0.3 is 0 Å². The zero-order valence-electron chi connectivity index (χ0n) is 10.3. The summed E-state index contributed by atoms with van der Waals surface area (Å²) in [5.74, 6) is 6.91. The third-order valence-corrected chi connectivity index (χ3v) is 6.42. The van der Waals surface area contributed by atoms with Crippen LogP contribution in [0.15, 0.2) is 24.3 Å². The molecule has 1 aromatic carbocycles. The Labute approximate surface area is 113 Å². The highest BCUT2D eigenvalue weighted by atomic mass is 32.2. The highest BCUT2D eigenvalue weighted by Gasteiger charge is 2.24. The number of hydrogen-bond donors (Lipinski definition) is 0. The Hall–Kier alpha value is -0.520. The molecule has 0 atom stereocenters. The van der Waals surface area contributed by atoms with E-state index in [9.17, 15) is 0 Å². The second-order valence-corrected chi connectivity index (χ2v) is 7.34. The molecule has 0 saturated carbocycles. The molecule has 1 aliphatic rings. The largest absolute Gasteiger partial charge is 0.142 e. The molecule has 17 heavy (non-hydrogen) atoms. The summed E-state index contributed by atoms with van der Waals surface area (Å²) in [4.78, 5) is 0. The lowest BCUT2D eigenvalue weighted by Crippen LogP contribution is -2.19. The molecule has 1 heterocycles. The van der Waals surface area contributed by atoms with Crippen LogP contribution in [0.5, 0.6) is 0 Å². The Balaban J connectivity index is 1.98. The summed E-state index contributed by atoms with van der Waals surface area (Å²) in [6, 6.07) is 8.45. The summed E-state index contributed by atoms with van der Waals surface area (Å²) in [6.45, 7) is 4.65. The van der Waals surface area contributed by atoms with E-state index in [2.05, 4.69) is 55.4 Å². The lowest BCUT2D eigenvalue weighted by molar-refractivity contribution is 0.470. The van der Waals surface area contributed by atoms with Crippen LogP contribution in [0.1, 0.15) is 29.6 Å². The standard InChI is InChI=1S/C15H18S2/c1-4-12-5-7-13(8-6-12)15-16-9-14(10-17-15)11(2)3/h1,5-8,11,14-15H,9-10H2,2-3H3. The van der Waals surface area contributed by atoms with Gasteiger partial charge < -0.3 is 0 Å².